The van der Waals surface area contributed by atoms with Gasteiger partial charge in [0.15, 0.2) is 5.13 Å². The predicted octanol–water partition coefficient (Wildman–Crippen LogP) is 3.48. The van der Waals surface area contributed by atoms with Gasteiger partial charge in [-0.15, -0.1) is 11.3 Å². The second kappa shape index (κ2) is 7.40. The lowest BCUT2D eigenvalue weighted by atomic mass is 10.0. The first-order valence-corrected chi connectivity index (χ1v) is 11.5. The monoisotopic (exact) mass is 473 g/mol. The van der Waals surface area contributed by atoms with Gasteiger partial charge in [0.25, 0.3) is 5.91 Å². The van der Waals surface area contributed by atoms with Gasteiger partial charge in [-0.05, 0) is 44.9 Å². The Morgan fingerprint density at radius 2 is 2.07 bits per heavy atom. The number of benzene rings is 1. The Morgan fingerprint density at radius 3 is 2.70 bits per heavy atom. The molecule has 0 saturated heterocycles. The van der Waals surface area contributed by atoms with E-state index in [9.17, 15) is 13.2 Å². The molecule has 27 heavy (non-hydrogen) atoms. The second-order valence-corrected chi connectivity index (χ2v) is 10.5. The SMILES string of the molecule is COc1cc(Br)ccc1C(=O)NC(C)(C)c1csc(NS(=O)(=O)C2CC2)n1. The van der Waals surface area contributed by atoms with Gasteiger partial charge in [-0.2, -0.15) is 0 Å². The van der Waals surface area contributed by atoms with Crippen molar-refractivity contribution < 1.29 is 17.9 Å². The van der Waals surface area contributed by atoms with E-state index in [-0.39, 0.29) is 11.2 Å². The van der Waals surface area contributed by atoms with E-state index in [4.69, 9.17) is 4.74 Å². The Balaban J connectivity index is 1.76. The summed E-state index contributed by atoms with van der Waals surface area (Å²) in [6.07, 6.45) is 1.37. The van der Waals surface area contributed by atoms with Gasteiger partial charge in [-0.3, -0.25) is 9.52 Å². The molecule has 0 aliphatic heterocycles. The summed E-state index contributed by atoms with van der Waals surface area (Å²) in [6, 6.07) is 5.15. The summed E-state index contributed by atoms with van der Waals surface area (Å²) in [5, 5.41) is 4.66. The lowest BCUT2D eigenvalue weighted by molar-refractivity contribution is 0.0907. The fourth-order valence-electron chi connectivity index (χ4n) is 2.46. The summed E-state index contributed by atoms with van der Waals surface area (Å²) < 4.78 is 32.7. The molecule has 3 rings (SSSR count). The topological polar surface area (TPSA) is 97.4 Å². The van der Waals surface area contributed by atoms with Gasteiger partial charge >= 0.3 is 0 Å². The molecule has 2 aromatic rings. The summed E-state index contributed by atoms with van der Waals surface area (Å²) in [6.45, 7) is 3.62. The summed E-state index contributed by atoms with van der Waals surface area (Å²) in [5.41, 5.74) is 0.179. The molecule has 1 aliphatic carbocycles. The third-order valence-electron chi connectivity index (χ3n) is 4.17. The lowest BCUT2D eigenvalue weighted by Gasteiger charge is -2.25. The third kappa shape index (κ3) is 4.61. The number of nitrogens with zero attached hydrogens (tertiary/aromatic N) is 1. The molecule has 1 saturated carbocycles. The van der Waals surface area contributed by atoms with Crippen LogP contribution in [0.25, 0.3) is 0 Å². The quantitative estimate of drug-likeness (QED) is 0.641. The highest BCUT2D eigenvalue weighted by Crippen LogP contribution is 2.32. The number of amides is 1. The number of carbonyl (C=O) groups is 1. The number of nitrogens with one attached hydrogen (secondary N) is 2. The van der Waals surface area contributed by atoms with Crippen molar-refractivity contribution in [1.82, 2.24) is 10.3 Å². The van der Waals surface area contributed by atoms with Crippen LogP contribution in [0.2, 0.25) is 0 Å². The molecule has 1 heterocycles. The van der Waals surface area contributed by atoms with Crippen LogP contribution in [0.4, 0.5) is 5.13 Å². The highest BCUT2D eigenvalue weighted by Gasteiger charge is 2.36. The van der Waals surface area contributed by atoms with Crippen LogP contribution in [0.3, 0.4) is 0 Å². The fourth-order valence-corrected chi connectivity index (χ4v) is 5.27. The van der Waals surface area contributed by atoms with Crippen LogP contribution in [-0.4, -0.2) is 31.7 Å². The molecule has 7 nitrogen and oxygen atoms in total. The lowest BCUT2D eigenvalue weighted by Crippen LogP contribution is -2.41. The van der Waals surface area contributed by atoms with Crippen LogP contribution in [0.5, 0.6) is 5.75 Å². The molecule has 2 N–H and O–H groups in total. The van der Waals surface area contributed by atoms with E-state index in [0.29, 0.717) is 35.0 Å². The van der Waals surface area contributed by atoms with Crippen LogP contribution in [0, 0.1) is 0 Å². The Bertz CT molecular complexity index is 968. The molecule has 0 radical (unpaired) electrons. The number of carbonyl (C=O) groups excluding carboxylic acids is 1. The minimum atomic E-state index is -3.36. The van der Waals surface area contributed by atoms with Crippen molar-refractivity contribution in [3.8, 4) is 5.75 Å². The maximum absolute atomic E-state index is 12.7. The number of aromatic nitrogens is 1. The number of anilines is 1. The summed E-state index contributed by atoms with van der Waals surface area (Å²) in [4.78, 5) is 17.1. The number of ether oxygens (including phenoxy) is 1. The molecule has 0 atom stereocenters. The largest absolute Gasteiger partial charge is 0.496 e. The molecule has 1 fully saturated rings. The van der Waals surface area contributed by atoms with Crippen LogP contribution >= 0.6 is 27.3 Å². The van der Waals surface area contributed by atoms with Crippen molar-refractivity contribution in [1.29, 1.82) is 0 Å². The van der Waals surface area contributed by atoms with E-state index in [0.717, 1.165) is 4.47 Å². The predicted molar refractivity (Wildman–Crippen MR) is 109 cm³/mol. The Labute approximate surface area is 170 Å². The molecule has 1 amide bonds. The second-order valence-electron chi connectivity index (χ2n) is 6.81. The van der Waals surface area contributed by atoms with Crippen LogP contribution in [0.1, 0.15) is 42.7 Å². The summed E-state index contributed by atoms with van der Waals surface area (Å²) in [5.74, 6) is 0.145. The number of hydrogen-bond acceptors (Lipinski definition) is 6. The van der Waals surface area contributed by atoms with Gasteiger partial charge in [0.05, 0.1) is 29.2 Å². The Morgan fingerprint density at radius 1 is 1.37 bits per heavy atom. The van der Waals surface area contributed by atoms with E-state index >= 15 is 0 Å². The number of hydrogen-bond donors (Lipinski definition) is 2. The summed E-state index contributed by atoms with van der Waals surface area (Å²) in [7, 11) is -1.86. The van der Waals surface area contributed by atoms with Gasteiger partial charge in [0, 0.05) is 9.85 Å². The first-order valence-electron chi connectivity index (χ1n) is 8.26. The molecule has 1 aromatic heterocycles. The first-order chi connectivity index (χ1) is 12.6. The molecule has 0 spiro atoms. The van der Waals surface area contributed by atoms with E-state index in [1.807, 2.05) is 13.8 Å². The van der Waals surface area contributed by atoms with Crippen LogP contribution < -0.4 is 14.8 Å². The van der Waals surface area contributed by atoms with Crippen molar-refractivity contribution in [3.63, 3.8) is 0 Å². The van der Waals surface area contributed by atoms with Crippen LogP contribution in [0.15, 0.2) is 28.1 Å². The zero-order valence-electron chi connectivity index (χ0n) is 15.1. The average molecular weight is 474 g/mol. The Hall–Kier alpha value is -1.65. The van der Waals surface area contributed by atoms with Crippen molar-refractivity contribution in [2.24, 2.45) is 0 Å². The van der Waals surface area contributed by atoms with Gasteiger partial charge in [-0.25, -0.2) is 13.4 Å². The summed E-state index contributed by atoms with van der Waals surface area (Å²) >= 11 is 4.55. The van der Waals surface area contributed by atoms with E-state index in [2.05, 4.69) is 31.0 Å². The van der Waals surface area contributed by atoms with Crippen molar-refractivity contribution in [2.75, 3.05) is 11.8 Å². The minimum Gasteiger partial charge on any atom is -0.496 e. The van der Waals surface area contributed by atoms with Gasteiger partial charge < -0.3 is 10.1 Å². The number of methoxy groups -OCH3 is 1. The maximum Gasteiger partial charge on any atom is 0.255 e. The van der Waals surface area contributed by atoms with Crippen LogP contribution in [-0.2, 0) is 15.6 Å². The van der Waals surface area contributed by atoms with Crippen molar-refractivity contribution in [2.45, 2.75) is 37.5 Å². The van der Waals surface area contributed by atoms with Crippen molar-refractivity contribution >= 4 is 48.3 Å². The molecule has 146 valence electrons. The van der Waals surface area contributed by atoms with E-state index < -0.39 is 15.6 Å². The van der Waals surface area contributed by atoms with Gasteiger partial charge in [-0.1, -0.05) is 15.9 Å². The highest BCUT2D eigenvalue weighted by molar-refractivity contribution is 9.10. The fraction of sp³-hybridized carbons (Fsp3) is 0.412. The molecule has 1 aromatic carbocycles. The normalized spacial score (nSPS) is 14.7. The van der Waals surface area contributed by atoms with E-state index in [1.165, 1.54) is 18.4 Å². The molecular weight excluding hydrogens is 454 g/mol. The van der Waals surface area contributed by atoms with Gasteiger partial charge in [0.1, 0.15) is 5.75 Å². The minimum absolute atomic E-state index is 0.306. The zero-order valence-corrected chi connectivity index (χ0v) is 18.3. The van der Waals surface area contributed by atoms with Crippen molar-refractivity contribution in [3.05, 3.63) is 39.3 Å². The standard InChI is InChI=1S/C17H20BrN3O4S2/c1-17(2,20-15(22)12-7-4-10(18)8-13(12)25-3)14-9-26-16(19-14)21-27(23,24)11-5-6-11/h4,7-9,11H,5-6H2,1-3H3,(H,19,21)(H,20,22). The average Bonchev–Trinajstić information content (AvgIpc) is 3.35. The highest BCUT2D eigenvalue weighted by atomic mass is 79.9. The number of thiazole rings is 1. The number of rotatable bonds is 7. The molecule has 0 bridgehead atoms. The zero-order chi connectivity index (χ0) is 19.8. The smallest absolute Gasteiger partial charge is 0.255 e. The first kappa shape index (κ1) is 20.1. The number of sulfonamides is 1. The maximum atomic E-state index is 12.7. The number of halogens is 1. The molecule has 1 aliphatic rings. The third-order valence-corrected chi connectivity index (χ3v) is 7.38. The molecule has 10 heteroatoms. The molecule has 0 unspecified atom stereocenters. The molecular formula is C17H20BrN3O4S2. The van der Waals surface area contributed by atoms with E-state index in [1.54, 1.807) is 23.6 Å². The van der Waals surface area contributed by atoms with Gasteiger partial charge in [0.2, 0.25) is 10.0 Å². The Kier molecular flexibility index (Phi) is 5.51.